The fourth-order valence-corrected chi connectivity index (χ4v) is 5.12. The fraction of sp³-hybridized carbons (Fsp3) is 0.464. The van der Waals surface area contributed by atoms with Crippen LogP contribution in [-0.4, -0.2) is 42.3 Å². The molecule has 0 radical (unpaired) electrons. The highest BCUT2D eigenvalue weighted by atomic mass is 16.5. The van der Waals surface area contributed by atoms with Crippen molar-refractivity contribution in [1.29, 1.82) is 0 Å². The number of rotatable bonds is 12. The van der Waals surface area contributed by atoms with Gasteiger partial charge in [-0.1, -0.05) is 61.9 Å². The Hall–Kier alpha value is -3.35. The van der Waals surface area contributed by atoms with Crippen LogP contribution >= 0.6 is 0 Å². The van der Waals surface area contributed by atoms with E-state index in [9.17, 15) is 14.4 Å². The molecule has 0 heterocycles. The minimum absolute atomic E-state index is 0.0188. The SMILES string of the molecule is CCC[C@@H](CC(=O)NCC(CC(=O)O)C1CC1)NC(=O)OCC1c2ccccc2-c2ccccc21. The monoisotopic (exact) mass is 478 g/mol. The molecule has 1 fully saturated rings. The van der Waals surface area contributed by atoms with Crippen LogP contribution in [0, 0.1) is 11.8 Å². The van der Waals surface area contributed by atoms with Crippen LogP contribution in [0.2, 0.25) is 0 Å². The number of ether oxygens (including phenoxy) is 1. The number of hydrogen-bond donors (Lipinski definition) is 3. The molecule has 186 valence electrons. The molecule has 2 amide bonds. The lowest BCUT2D eigenvalue weighted by Crippen LogP contribution is -2.41. The Morgan fingerprint density at radius 2 is 1.63 bits per heavy atom. The smallest absolute Gasteiger partial charge is 0.407 e. The molecule has 2 aromatic rings. The van der Waals surface area contributed by atoms with E-state index in [2.05, 4.69) is 34.9 Å². The van der Waals surface area contributed by atoms with E-state index in [1.54, 1.807) is 0 Å². The molecule has 0 aliphatic heterocycles. The Balaban J connectivity index is 1.29. The predicted octanol–water partition coefficient (Wildman–Crippen LogP) is 4.70. The highest BCUT2D eigenvalue weighted by Gasteiger charge is 2.33. The number of alkyl carbamates (subject to hydrolysis) is 1. The molecule has 0 spiro atoms. The summed E-state index contributed by atoms with van der Waals surface area (Å²) in [7, 11) is 0. The topological polar surface area (TPSA) is 105 Å². The fourth-order valence-electron chi connectivity index (χ4n) is 5.12. The summed E-state index contributed by atoms with van der Waals surface area (Å²) < 4.78 is 5.63. The Labute approximate surface area is 206 Å². The van der Waals surface area contributed by atoms with Crippen molar-refractivity contribution >= 4 is 18.0 Å². The zero-order valence-electron chi connectivity index (χ0n) is 20.2. The molecule has 35 heavy (non-hydrogen) atoms. The van der Waals surface area contributed by atoms with Crippen molar-refractivity contribution in [2.45, 2.75) is 57.4 Å². The Morgan fingerprint density at radius 1 is 1.00 bits per heavy atom. The number of carboxylic acid groups (broad SMARTS) is 1. The van der Waals surface area contributed by atoms with Gasteiger partial charge in [0.15, 0.2) is 0 Å². The van der Waals surface area contributed by atoms with Crippen molar-refractivity contribution in [1.82, 2.24) is 10.6 Å². The van der Waals surface area contributed by atoms with Crippen molar-refractivity contribution < 1.29 is 24.2 Å². The molecule has 7 nitrogen and oxygen atoms in total. The lowest BCUT2D eigenvalue weighted by molar-refractivity contribution is -0.138. The number of carbonyl (C=O) groups excluding carboxylic acids is 2. The summed E-state index contributed by atoms with van der Waals surface area (Å²) in [5.41, 5.74) is 4.64. The van der Waals surface area contributed by atoms with E-state index in [-0.39, 0.29) is 43.2 Å². The zero-order chi connectivity index (χ0) is 24.8. The quantitative estimate of drug-likeness (QED) is 0.410. The molecular weight excluding hydrogens is 444 g/mol. The van der Waals surface area contributed by atoms with Crippen molar-refractivity contribution in [3.05, 3.63) is 59.7 Å². The normalized spacial score (nSPS) is 16.0. The highest BCUT2D eigenvalue weighted by molar-refractivity contribution is 5.79. The van der Waals surface area contributed by atoms with Gasteiger partial charge in [0.1, 0.15) is 6.61 Å². The van der Waals surface area contributed by atoms with Crippen LogP contribution in [0.25, 0.3) is 11.1 Å². The predicted molar refractivity (Wildman–Crippen MR) is 133 cm³/mol. The number of amides is 2. The maximum Gasteiger partial charge on any atom is 0.407 e. The molecule has 1 unspecified atom stereocenters. The molecule has 2 aliphatic rings. The molecule has 3 N–H and O–H groups in total. The lowest BCUT2D eigenvalue weighted by atomic mass is 9.98. The van der Waals surface area contributed by atoms with Crippen LogP contribution < -0.4 is 10.6 Å². The minimum atomic E-state index is -0.836. The van der Waals surface area contributed by atoms with Crippen LogP contribution in [0.3, 0.4) is 0 Å². The van der Waals surface area contributed by atoms with Gasteiger partial charge in [-0.2, -0.15) is 0 Å². The molecule has 0 aromatic heterocycles. The molecule has 1 saturated carbocycles. The minimum Gasteiger partial charge on any atom is -0.481 e. The van der Waals surface area contributed by atoms with Gasteiger partial charge in [0.05, 0.1) is 6.42 Å². The highest BCUT2D eigenvalue weighted by Crippen LogP contribution is 2.44. The van der Waals surface area contributed by atoms with Crippen molar-refractivity contribution in [3.8, 4) is 11.1 Å². The van der Waals surface area contributed by atoms with Crippen molar-refractivity contribution in [2.75, 3.05) is 13.2 Å². The zero-order valence-corrected chi connectivity index (χ0v) is 20.2. The third-order valence-electron chi connectivity index (χ3n) is 7.02. The summed E-state index contributed by atoms with van der Waals surface area (Å²) in [5.74, 6) is -0.682. The summed E-state index contributed by atoms with van der Waals surface area (Å²) in [6.45, 7) is 2.59. The molecule has 0 bridgehead atoms. The molecule has 2 atom stereocenters. The van der Waals surface area contributed by atoms with Crippen LogP contribution in [0.5, 0.6) is 0 Å². The molecule has 2 aromatic carbocycles. The standard InChI is InChI=1S/C28H34N2O5/c1-2-7-20(15-26(31)29-16-19(14-27(32)33)18-12-13-18)30-28(34)35-17-25-23-10-5-3-8-21(23)22-9-4-6-11-24(22)25/h3-6,8-11,18-20,25H,2,7,12-17H2,1H3,(H,29,31)(H,30,34)(H,32,33)/t19?,20-/m0/s1. The Bertz CT molecular complexity index is 1020. The van der Waals surface area contributed by atoms with Gasteiger partial charge in [-0.3, -0.25) is 9.59 Å². The van der Waals surface area contributed by atoms with E-state index < -0.39 is 12.1 Å². The van der Waals surface area contributed by atoms with Crippen molar-refractivity contribution in [2.24, 2.45) is 11.8 Å². The van der Waals surface area contributed by atoms with Gasteiger partial charge in [0.25, 0.3) is 0 Å². The number of nitrogens with one attached hydrogen (secondary N) is 2. The van der Waals surface area contributed by atoms with Crippen LogP contribution in [0.4, 0.5) is 4.79 Å². The van der Waals surface area contributed by atoms with E-state index >= 15 is 0 Å². The second kappa shape index (κ2) is 11.4. The summed E-state index contributed by atoms with van der Waals surface area (Å²) in [5, 5.41) is 14.8. The first-order valence-electron chi connectivity index (χ1n) is 12.6. The van der Waals surface area contributed by atoms with Gasteiger partial charge >= 0.3 is 12.1 Å². The van der Waals surface area contributed by atoms with Gasteiger partial charge in [-0.25, -0.2) is 4.79 Å². The van der Waals surface area contributed by atoms with Gasteiger partial charge in [-0.15, -0.1) is 0 Å². The largest absolute Gasteiger partial charge is 0.481 e. The van der Waals surface area contributed by atoms with Crippen molar-refractivity contribution in [3.63, 3.8) is 0 Å². The van der Waals surface area contributed by atoms with Crippen LogP contribution in [0.15, 0.2) is 48.5 Å². The number of carbonyl (C=O) groups is 3. The number of aliphatic carboxylic acids is 1. The van der Waals surface area contributed by atoms with E-state index in [0.717, 1.165) is 30.4 Å². The molecule has 2 aliphatic carbocycles. The van der Waals surface area contributed by atoms with Crippen LogP contribution in [0.1, 0.15) is 62.5 Å². The lowest BCUT2D eigenvalue weighted by Gasteiger charge is -2.20. The maximum absolute atomic E-state index is 12.6. The Kier molecular flexibility index (Phi) is 8.06. The summed E-state index contributed by atoms with van der Waals surface area (Å²) in [6.07, 6.45) is 3.19. The van der Waals surface area contributed by atoms with E-state index in [1.807, 2.05) is 31.2 Å². The molecule has 4 rings (SSSR count). The summed E-state index contributed by atoms with van der Waals surface area (Å²) in [6, 6.07) is 16.0. The van der Waals surface area contributed by atoms with Gasteiger partial charge in [0, 0.05) is 24.9 Å². The number of benzene rings is 2. The van der Waals surface area contributed by atoms with Gasteiger partial charge in [0.2, 0.25) is 5.91 Å². The summed E-state index contributed by atoms with van der Waals surface area (Å²) >= 11 is 0. The molecule has 7 heteroatoms. The van der Waals surface area contributed by atoms with Gasteiger partial charge in [-0.05, 0) is 53.4 Å². The van der Waals surface area contributed by atoms with E-state index in [4.69, 9.17) is 9.84 Å². The number of fused-ring (bicyclic) bond motifs is 3. The van der Waals surface area contributed by atoms with Crippen LogP contribution in [-0.2, 0) is 14.3 Å². The first-order valence-corrected chi connectivity index (χ1v) is 12.6. The van der Waals surface area contributed by atoms with E-state index in [0.29, 0.717) is 18.9 Å². The number of carboxylic acids is 1. The average Bonchev–Trinajstić information content (AvgIpc) is 3.63. The second-order valence-corrected chi connectivity index (χ2v) is 9.66. The third kappa shape index (κ3) is 6.41. The maximum atomic E-state index is 12.6. The van der Waals surface area contributed by atoms with E-state index in [1.165, 1.54) is 11.1 Å². The average molecular weight is 479 g/mol. The van der Waals surface area contributed by atoms with Gasteiger partial charge < -0.3 is 20.5 Å². The third-order valence-corrected chi connectivity index (χ3v) is 7.02. The Morgan fingerprint density at radius 3 is 2.20 bits per heavy atom. The molecular formula is C28H34N2O5. The first-order chi connectivity index (χ1) is 17.0. The molecule has 0 saturated heterocycles. The summed E-state index contributed by atoms with van der Waals surface area (Å²) in [4.78, 5) is 36.3. The first kappa shape index (κ1) is 24.8. The number of hydrogen-bond acceptors (Lipinski definition) is 4. The second-order valence-electron chi connectivity index (χ2n) is 9.66.